The van der Waals surface area contributed by atoms with E-state index in [0.29, 0.717) is 0 Å². The molecule has 1 heterocycles. The van der Waals surface area contributed by atoms with Crippen molar-refractivity contribution in [1.82, 2.24) is 9.97 Å². The van der Waals surface area contributed by atoms with Crippen molar-refractivity contribution in [3.05, 3.63) is 51.9 Å². The molecule has 0 radical (unpaired) electrons. The maximum Gasteiger partial charge on any atom is 0.224 e. The van der Waals surface area contributed by atoms with Crippen molar-refractivity contribution in [2.24, 2.45) is 0 Å². The van der Waals surface area contributed by atoms with Gasteiger partial charge in [-0.1, -0.05) is 11.6 Å². The smallest absolute Gasteiger partial charge is 0.224 e. The van der Waals surface area contributed by atoms with Crippen LogP contribution in [0.25, 0.3) is 0 Å². The summed E-state index contributed by atoms with van der Waals surface area (Å²) in [6.45, 7) is -0.416. The molecule has 0 amide bonds. The van der Waals surface area contributed by atoms with Gasteiger partial charge in [0.25, 0.3) is 0 Å². The fourth-order valence-corrected chi connectivity index (χ4v) is 1.90. The van der Waals surface area contributed by atoms with Gasteiger partial charge in [0.1, 0.15) is 22.5 Å². The summed E-state index contributed by atoms with van der Waals surface area (Å²) in [4.78, 5) is 7.52. The van der Waals surface area contributed by atoms with Crippen LogP contribution in [0.4, 0.5) is 14.6 Å². The van der Waals surface area contributed by atoms with Crippen LogP contribution in [0.3, 0.4) is 0 Å². The minimum absolute atomic E-state index is 0.0426. The Hall–Kier alpha value is -1.50. The van der Waals surface area contributed by atoms with Gasteiger partial charge in [-0.05, 0) is 29.3 Å². The van der Waals surface area contributed by atoms with Crippen molar-refractivity contribution >= 4 is 29.0 Å². The summed E-state index contributed by atoms with van der Waals surface area (Å²) in [7, 11) is 0. The predicted molar refractivity (Wildman–Crippen MR) is 71.9 cm³/mol. The minimum atomic E-state index is -0.788. The van der Waals surface area contributed by atoms with Crippen LogP contribution in [-0.4, -0.2) is 21.7 Å². The van der Waals surface area contributed by atoms with Gasteiger partial charge >= 0.3 is 0 Å². The largest absolute Gasteiger partial charge is 0.394 e. The third-order valence-electron chi connectivity index (χ3n) is 2.50. The van der Waals surface area contributed by atoms with Crippen LogP contribution in [0.2, 0.25) is 10.3 Å². The van der Waals surface area contributed by atoms with Gasteiger partial charge in [-0.25, -0.2) is 13.8 Å². The van der Waals surface area contributed by atoms with Gasteiger partial charge in [0, 0.05) is 6.07 Å². The molecule has 8 heteroatoms. The lowest BCUT2D eigenvalue weighted by Gasteiger charge is -2.18. The standard InChI is InChI=1S/C12H9Cl2F2N3O/c13-9-4-17-12(14)19-11(9)18-10(5-20)6-1-7(15)3-8(16)2-6/h1-4,10,20H,5H2,(H,17,18,19). The van der Waals surface area contributed by atoms with Crippen LogP contribution in [0.15, 0.2) is 24.4 Å². The van der Waals surface area contributed by atoms with Crippen LogP contribution in [-0.2, 0) is 0 Å². The molecular formula is C12H9Cl2F2N3O. The molecule has 0 aliphatic carbocycles. The van der Waals surface area contributed by atoms with Crippen LogP contribution in [0.5, 0.6) is 0 Å². The average Bonchev–Trinajstić information content (AvgIpc) is 2.38. The highest BCUT2D eigenvalue weighted by atomic mass is 35.5. The molecule has 106 valence electrons. The Morgan fingerprint density at radius 2 is 1.85 bits per heavy atom. The van der Waals surface area contributed by atoms with Crippen LogP contribution in [0, 0.1) is 11.6 Å². The molecule has 1 aromatic carbocycles. The van der Waals surface area contributed by atoms with E-state index in [1.807, 2.05) is 0 Å². The van der Waals surface area contributed by atoms with Gasteiger partial charge in [0.05, 0.1) is 18.8 Å². The fourth-order valence-electron chi connectivity index (χ4n) is 1.62. The van der Waals surface area contributed by atoms with E-state index in [0.717, 1.165) is 18.2 Å². The van der Waals surface area contributed by atoms with E-state index < -0.39 is 24.3 Å². The van der Waals surface area contributed by atoms with Gasteiger partial charge in [-0.3, -0.25) is 0 Å². The highest BCUT2D eigenvalue weighted by Crippen LogP contribution is 2.25. The first-order valence-corrected chi connectivity index (χ1v) is 6.26. The first-order chi connectivity index (χ1) is 9.49. The van der Waals surface area contributed by atoms with E-state index in [9.17, 15) is 13.9 Å². The second kappa shape index (κ2) is 6.30. The Kier molecular flexibility index (Phi) is 4.69. The number of aliphatic hydroxyl groups is 1. The lowest BCUT2D eigenvalue weighted by Crippen LogP contribution is -2.16. The van der Waals surface area contributed by atoms with Crippen molar-refractivity contribution in [1.29, 1.82) is 0 Å². The monoisotopic (exact) mass is 319 g/mol. The molecule has 0 bridgehead atoms. The normalized spacial score (nSPS) is 12.2. The van der Waals surface area contributed by atoms with E-state index in [-0.39, 0.29) is 21.7 Å². The third kappa shape index (κ3) is 3.53. The van der Waals surface area contributed by atoms with Gasteiger partial charge < -0.3 is 10.4 Å². The number of rotatable bonds is 4. The summed E-state index contributed by atoms with van der Waals surface area (Å²) < 4.78 is 26.4. The predicted octanol–water partition coefficient (Wildman–Crippen LogP) is 3.21. The molecule has 0 saturated heterocycles. The molecule has 1 aromatic heterocycles. The molecule has 0 aliphatic rings. The molecule has 2 rings (SSSR count). The van der Waals surface area contributed by atoms with Gasteiger partial charge in [-0.15, -0.1) is 0 Å². The zero-order chi connectivity index (χ0) is 14.7. The number of hydrogen-bond acceptors (Lipinski definition) is 4. The average molecular weight is 320 g/mol. The summed E-state index contributed by atoms with van der Waals surface area (Å²) in [6, 6.07) is 2.16. The number of hydrogen-bond donors (Lipinski definition) is 2. The maximum atomic E-state index is 13.2. The van der Waals surface area contributed by atoms with Crippen molar-refractivity contribution in [3.8, 4) is 0 Å². The number of nitrogens with one attached hydrogen (secondary N) is 1. The van der Waals surface area contributed by atoms with Gasteiger partial charge in [-0.2, -0.15) is 4.98 Å². The van der Waals surface area contributed by atoms with Crippen molar-refractivity contribution in [3.63, 3.8) is 0 Å². The number of anilines is 1. The number of aromatic nitrogens is 2. The van der Waals surface area contributed by atoms with Crippen LogP contribution >= 0.6 is 23.2 Å². The summed E-state index contributed by atoms with van der Waals surface area (Å²) >= 11 is 11.5. The van der Waals surface area contributed by atoms with Crippen molar-refractivity contribution < 1.29 is 13.9 Å². The molecule has 1 atom stereocenters. The molecule has 20 heavy (non-hydrogen) atoms. The second-order valence-corrected chi connectivity index (χ2v) is 4.66. The van der Waals surface area contributed by atoms with Crippen molar-refractivity contribution in [2.75, 3.05) is 11.9 Å². The number of halogens is 4. The molecule has 2 aromatic rings. The molecule has 0 fully saturated rings. The highest BCUT2D eigenvalue weighted by molar-refractivity contribution is 6.33. The maximum absolute atomic E-state index is 13.2. The Bertz CT molecular complexity index is 607. The van der Waals surface area contributed by atoms with Gasteiger partial charge in [0.15, 0.2) is 0 Å². The lowest BCUT2D eigenvalue weighted by molar-refractivity contribution is 0.275. The summed E-state index contributed by atoms with van der Waals surface area (Å²) in [5.74, 6) is -1.32. The molecule has 1 unspecified atom stereocenters. The third-order valence-corrected chi connectivity index (χ3v) is 2.95. The lowest BCUT2D eigenvalue weighted by atomic mass is 10.1. The first-order valence-electron chi connectivity index (χ1n) is 5.51. The van der Waals surface area contributed by atoms with Crippen molar-refractivity contribution in [2.45, 2.75) is 6.04 Å². The Labute approximate surface area is 123 Å². The Morgan fingerprint density at radius 1 is 1.20 bits per heavy atom. The molecule has 2 N–H and O–H groups in total. The van der Waals surface area contributed by atoms with Crippen LogP contribution < -0.4 is 5.32 Å². The van der Waals surface area contributed by atoms with Gasteiger partial charge in [0.2, 0.25) is 5.28 Å². The topological polar surface area (TPSA) is 58.0 Å². The van der Waals surface area contributed by atoms with Crippen LogP contribution in [0.1, 0.15) is 11.6 Å². The van der Waals surface area contributed by atoms with E-state index in [2.05, 4.69) is 15.3 Å². The minimum Gasteiger partial charge on any atom is -0.394 e. The highest BCUT2D eigenvalue weighted by Gasteiger charge is 2.15. The number of aliphatic hydroxyl groups excluding tert-OH is 1. The van der Waals surface area contributed by atoms with E-state index in [1.54, 1.807) is 0 Å². The molecular weight excluding hydrogens is 311 g/mol. The number of nitrogens with zero attached hydrogens (tertiary/aromatic N) is 2. The fraction of sp³-hybridized carbons (Fsp3) is 0.167. The first kappa shape index (κ1) is 14.9. The molecule has 0 aliphatic heterocycles. The number of benzene rings is 1. The van der Waals surface area contributed by atoms with E-state index >= 15 is 0 Å². The van der Waals surface area contributed by atoms with E-state index in [1.165, 1.54) is 6.20 Å². The molecule has 4 nitrogen and oxygen atoms in total. The van der Waals surface area contributed by atoms with E-state index in [4.69, 9.17) is 23.2 Å². The molecule has 0 spiro atoms. The Balaban J connectivity index is 2.30. The second-order valence-electron chi connectivity index (χ2n) is 3.92. The quantitative estimate of drug-likeness (QED) is 0.850. The molecule has 0 saturated carbocycles. The Morgan fingerprint density at radius 3 is 2.45 bits per heavy atom. The zero-order valence-electron chi connectivity index (χ0n) is 9.95. The SMILES string of the molecule is OCC(Nc1nc(Cl)ncc1Cl)c1cc(F)cc(F)c1. The summed E-state index contributed by atoms with van der Waals surface area (Å²) in [5.41, 5.74) is 0.218. The summed E-state index contributed by atoms with van der Waals surface area (Å²) in [5, 5.41) is 12.2. The summed E-state index contributed by atoms with van der Waals surface area (Å²) in [6.07, 6.45) is 1.28. The zero-order valence-corrected chi connectivity index (χ0v) is 11.5.